The van der Waals surface area contributed by atoms with Crippen LogP contribution in [0.25, 0.3) is 11.2 Å². The van der Waals surface area contributed by atoms with Crippen LogP contribution in [0.2, 0.25) is 0 Å². The number of ether oxygens (including phenoxy) is 1. The molecule has 0 N–H and O–H groups in total. The number of pyridine rings is 1. The summed E-state index contributed by atoms with van der Waals surface area (Å²) < 4.78 is 45.2. The molecular formula is C22H23F3N6O. The summed E-state index contributed by atoms with van der Waals surface area (Å²) in [5.41, 5.74) is 4.08. The second-order valence-electron chi connectivity index (χ2n) is 8.54. The number of morpholine rings is 1. The van der Waals surface area contributed by atoms with Gasteiger partial charge in [0.1, 0.15) is 11.6 Å². The molecule has 1 saturated carbocycles. The van der Waals surface area contributed by atoms with E-state index in [9.17, 15) is 13.2 Å². The zero-order valence-corrected chi connectivity index (χ0v) is 17.8. The van der Waals surface area contributed by atoms with Gasteiger partial charge in [-0.2, -0.15) is 18.2 Å². The summed E-state index contributed by atoms with van der Waals surface area (Å²) in [6.07, 6.45) is -0.950. The van der Waals surface area contributed by atoms with E-state index in [1.54, 1.807) is 12.4 Å². The number of alkyl halides is 3. The number of aryl methyl sites for hydroxylation is 2. The Kier molecular flexibility index (Phi) is 5.19. The Morgan fingerprint density at radius 3 is 2.62 bits per heavy atom. The highest BCUT2D eigenvalue weighted by Crippen LogP contribution is 2.50. The molecule has 3 aromatic rings. The molecule has 5 rings (SSSR count). The third-order valence-corrected chi connectivity index (χ3v) is 6.17. The molecule has 0 amide bonds. The average Bonchev–Trinajstić information content (AvgIpc) is 2.71. The van der Waals surface area contributed by atoms with Gasteiger partial charge in [-0.15, -0.1) is 0 Å². The third-order valence-electron chi connectivity index (χ3n) is 6.17. The Hall–Kier alpha value is -2.88. The molecule has 0 radical (unpaired) electrons. The van der Waals surface area contributed by atoms with Crippen LogP contribution in [0.1, 0.15) is 47.5 Å². The molecule has 3 aromatic heterocycles. The zero-order chi connectivity index (χ0) is 22.5. The number of halogens is 3. The number of hydrogen-bond acceptors (Lipinski definition) is 7. The van der Waals surface area contributed by atoms with Crippen molar-refractivity contribution in [1.82, 2.24) is 24.9 Å². The van der Waals surface area contributed by atoms with Crippen molar-refractivity contribution in [1.29, 1.82) is 0 Å². The van der Waals surface area contributed by atoms with Crippen LogP contribution < -0.4 is 4.90 Å². The zero-order valence-electron chi connectivity index (χ0n) is 17.8. The summed E-state index contributed by atoms with van der Waals surface area (Å²) in [5, 5.41) is 0. The standard InChI is InChI=1S/C22H23F3N6O/c1-12-7-14(3-4-26-12)17-11-31(5-6-32-17)21-29-18(15-8-16(9-15)22(23,24)25)19-20(30-21)28-13(2)10-27-19/h3-4,7,10,15-17H,5-6,8-9,11H2,1-2H3/t15?,16?,17-/m0/s1. The molecule has 7 nitrogen and oxygen atoms in total. The fraction of sp³-hybridized carbons (Fsp3) is 0.500. The molecule has 4 heterocycles. The minimum Gasteiger partial charge on any atom is -0.370 e. The van der Waals surface area contributed by atoms with Gasteiger partial charge in [0.05, 0.1) is 30.5 Å². The predicted octanol–water partition coefficient (Wildman–Crippen LogP) is 4.07. The summed E-state index contributed by atoms with van der Waals surface area (Å²) in [5.74, 6) is -1.13. The van der Waals surface area contributed by atoms with Crippen LogP contribution in [-0.2, 0) is 4.74 Å². The number of fused-ring (bicyclic) bond motifs is 1. The van der Waals surface area contributed by atoms with Gasteiger partial charge < -0.3 is 9.64 Å². The molecule has 168 valence electrons. The monoisotopic (exact) mass is 444 g/mol. The lowest BCUT2D eigenvalue weighted by Gasteiger charge is -2.37. The summed E-state index contributed by atoms with van der Waals surface area (Å²) in [6, 6.07) is 3.91. The van der Waals surface area contributed by atoms with E-state index in [1.807, 2.05) is 30.9 Å². The van der Waals surface area contributed by atoms with Crippen LogP contribution >= 0.6 is 0 Å². The van der Waals surface area contributed by atoms with Crippen molar-refractivity contribution < 1.29 is 17.9 Å². The predicted molar refractivity (Wildman–Crippen MR) is 111 cm³/mol. The molecule has 10 heteroatoms. The molecule has 0 aromatic carbocycles. The first-order valence-corrected chi connectivity index (χ1v) is 10.6. The van der Waals surface area contributed by atoms with E-state index in [2.05, 4.69) is 19.9 Å². The second-order valence-corrected chi connectivity index (χ2v) is 8.54. The minimum atomic E-state index is -4.18. The van der Waals surface area contributed by atoms with E-state index in [0.29, 0.717) is 48.2 Å². The molecule has 1 atom stereocenters. The summed E-state index contributed by atoms with van der Waals surface area (Å²) >= 11 is 0. The Morgan fingerprint density at radius 2 is 1.88 bits per heavy atom. The molecule has 0 bridgehead atoms. The van der Waals surface area contributed by atoms with Gasteiger partial charge in [-0.25, -0.2) is 15.0 Å². The molecular weight excluding hydrogens is 421 g/mol. The van der Waals surface area contributed by atoms with Crippen LogP contribution in [0.5, 0.6) is 0 Å². The van der Waals surface area contributed by atoms with E-state index in [4.69, 9.17) is 9.72 Å². The van der Waals surface area contributed by atoms with Gasteiger partial charge in [-0.3, -0.25) is 4.98 Å². The first kappa shape index (κ1) is 21.0. The molecule has 1 saturated heterocycles. The molecule has 2 fully saturated rings. The third kappa shape index (κ3) is 3.99. The van der Waals surface area contributed by atoms with Crippen LogP contribution in [-0.4, -0.2) is 50.8 Å². The maximum atomic E-state index is 13.1. The number of nitrogens with zero attached hydrogens (tertiary/aromatic N) is 6. The molecule has 32 heavy (non-hydrogen) atoms. The van der Waals surface area contributed by atoms with Crippen molar-refractivity contribution in [2.45, 2.75) is 44.9 Å². The highest BCUT2D eigenvalue weighted by Gasteiger charge is 2.49. The van der Waals surface area contributed by atoms with Crippen LogP contribution in [0.15, 0.2) is 24.5 Å². The highest BCUT2D eigenvalue weighted by atomic mass is 19.4. The van der Waals surface area contributed by atoms with Gasteiger partial charge in [0, 0.05) is 30.6 Å². The molecule has 0 unspecified atom stereocenters. The van der Waals surface area contributed by atoms with E-state index in [1.165, 1.54) is 0 Å². The van der Waals surface area contributed by atoms with Crippen molar-refractivity contribution in [3.8, 4) is 0 Å². The van der Waals surface area contributed by atoms with E-state index in [-0.39, 0.29) is 24.9 Å². The molecule has 0 spiro atoms. The molecule has 1 aliphatic carbocycles. The van der Waals surface area contributed by atoms with Gasteiger partial charge >= 0.3 is 6.18 Å². The topological polar surface area (TPSA) is 76.9 Å². The Morgan fingerprint density at radius 1 is 1.06 bits per heavy atom. The normalized spacial score (nSPS) is 23.9. The summed E-state index contributed by atoms with van der Waals surface area (Å²) in [7, 11) is 0. The Balaban J connectivity index is 1.47. The average molecular weight is 444 g/mol. The van der Waals surface area contributed by atoms with E-state index in [0.717, 1.165) is 11.3 Å². The SMILES string of the molecule is Cc1cc([C@@H]2CN(c3nc(C4CC(C(F)(F)F)C4)c4ncc(C)nc4n3)CCO2)ccn1. The number of anilines is 1. The van der Waals surface area contributed by atoms with Gasteiger partial charge in [-0.05, 0) is 44.4 Å². The lowest BCUT2D eigenvalue weighted by Crippen LogP contribution is -2.40. The first-order chi connectivity index (χ1) is 15.3. The fourth-order valence-electron chi connectivity index (χ4n) is 4.34. The maximum Gasteiger partial charge on any atom is 0.391 e. The van der Waals surface area contributed by atoms with Crippen molar-refractivity contribution in [2.24, 2.45) is 5.92 Å². The first-order valence-electron chi connectivity index (χ1n) is 10.6. The summed E-state index contributed by atoms with van der Waals surface area (Å²) in [4.78, 5) is 24.5. The van der Waals surface area contributed by atoms with Crippen LogP contribution in [0, 0.1) is 19.8 Å². The van der Waals surface area contributed by atoms with Gasteiger partial charge in [0.25, 0.3) is 0 Å². The number of hydrogen-bond donors (Lipinski definition) is 0. The molecule has 2 aliphatic rings. The van der Waals surface area contributed by atoms with Gasteiger partial charge in [-0.1, -0.05) is 0 Å². The van der Waals surface area contributed by atoms with Gasteiger partial charge in [0.2, 0.25) is 5.95 Å². The van der Waals surface area contributed by atoms with Crippen molar-refractivity contribution in [3.63, 3.8) is 0 Å². The van der Waals surface area contributed by atoms with E-state index >= 15 is 0 Å². The number of aromatic nitrogens is 5. The van der Waals surface area contributed by atoms with E-state index < -0.39 is 12.1 Å². The number of rotatable bonds is 3. The Bertz CT molecular complexity index is 1150. The lowest BCUT2D eigenvalue weighted by molar-refractivity contribution is -0.197. The largest absolute Gasteiger partial charge is 0.391 e. The second kappa shape index (κ2) is 7.91. The maximum absolute atomic E-state index is 13.1. The van der Waals surface area contributed by atoms with Crippen molar-refractivity contribution >= 4 is 17.1 Å². The lowest BCUT2D eigenvalue weighted by atomic mass is 9.72. The highest BCUT2D eigenvalue weighted by molar-refractivity contribution is 5.74. The van der Waals surface area contributed by atoms with Crippen LogP contribution in [0.4, 0.5) is 19.1 Å². The molecule has 1 aliphatic heterocycles. The van der Waals surface area contributed by atoms with Crippen LogP contribution in [0.3, 0.4) is 0 Å². The smallest absolute Gasteiger partial charge is 0.370 e. The fourth-order valence-corrected chi connectivity index (χ4v) is 4.34. The summed E-state index contributed by atoms with van der Waals surface area (Å²) in [6.45, 7) is 5.34. The van der Waals surface area contributed by atoms with Gasteiger partial charge in [0.15, 0.2) is 5.65 Å². The van der Waals surface area contributed by atoms with Crippen molar-refractivity contribution in [2.75, 3.05) is 24.6 Å². The van der Waals surface area contributed by atoms with Crippen molar-refractivity contribution in [3.05, 3.63) is 47.2 Å². The quantitative estimate of drug-likeness (QED) is 0.603. The minimum absolute atomic E-state index is 0.0205. The Labute approximate surface area is 183 Å².